The minimum Gasteiger partial charge on any atom is -0.393 e. The molecule has 0 aromatic heterocycles. The SMILES string of the molecule is CCCC(O)(CO)c1ccccc1S(=O)[C@@H]1C[C@H]2C=C[C@@H]1C2. The number of hydrogen-bond donors (Lipinski definition) is 2. The Morgan fingerprint density at radius 2 is 2.05 bits per heavy atom. The van der Waals surface area contributed by atoms with E-state index in [1.807, 2.05) is 31.2 Å². The van der Waals surface area contributed by atoms with Crippen molar-refractivity contribution in [2.24, 2.45) is 11.8 Å². The summed E-state index contributed by atoms with van der Waals surface area (Å²) in [7, 11) is -1.14. The van der Waals surface area contributed by atoms with Crippen molar-refractivity contribution in [2.45, 2.75) is 48.4 Å². The first kappa shape index (κ1) is 15.9. The highest BCUT2D eigenvalue weighted by molar-refractivity contribution is 7.85. The van der Waals surface area contributed by atoms with Crippen molar-refractivity contribution in [3.05, 3.63) is 42.0 Å². The highest BCUT2D eigenvalue weighted by Gasteiger charge is 2.41. The van der Waals surface area contributed by atoms with Crippen LogP contribution in [0.25, 0.3) is 0 Å². The van der Waals surface area contributed by atoms with Crippen LogP contribution in [-0.4, -0.2) is 26.3 Å². The summed E-state index contributed by atoms with van der Waals surface area (Å²) in [6, 6.07) is 7.36. The molecule has 1 aromatic rings. The second-order valence-corrected chi connectivity index (χ2v) is 8.19. The molecule has 1 saturated carbocycles. The minimum atomic E-state index is -1.30. The molecule has 0 saturated heterocycles. The molecule has 0 aliphatic heterocycles. The first-order chi connectivity index (χ1) is 10.6. The zero-order valence-corrected chi connectivity index (χ0v) is 13.8. The van der Waals surface area contributed by atoms with E-state index in [1.165, 1.54) is 0 Å². The van der Waals surface area contributed by atoms with Gasteiger partial charge >= 0.3 is 0 Å². The van der Waals surface area contributed by atoms with Crippen molar-refractivity contribution >= 4 is 10.8 Å². The van der Waals surface area contributed by atoms with Crippen LogP contribution in [0.15, 0.2) is 41.3 Å². The van der Waals surface area contributed by atoms with Gasteiger partial charge in [0.05, 0.1) is 17.4 Å². The van der Waals surface area contributed by atoms with Crippen molar-refractivity contribution < 1.29 is 14.4 Å². The zero-order valence-electron chi connectivity index (χ0n) is 12.9. The highest BCUT2D eigenvalue weighted by atomic mass is 32.2. The predicted octanol–water partition coefficient (Wildman–Crippen LogP) is 2.74. The van der Waals surface area contributed by atoms with E-state index in [-0.39, 0.29) is 11.9 Å². The number of rotatable bonds is 6. The number of hydrogen-bond acceptors (Lipinski definition) is 3. The molecule has 120 valence electrons. The molecule has 2 aliphatic rings. The van der Waals surface area contributed by atoms with Crippen LogP contribution in [0.4, 0.5) is 0 Å². The second kappa shape index (κ2) is 6.26. The lowest BCUT2D eigenvalue weighted by Gasteiger charge is -2.29. The lowest BCUT2D eigenvalue weighted by Crippen LogP contribution is -2.32. The average molecular weight is 320 g/mol. The second-order valence-electron chi connectivity index (χ2n) is 6.55. The molecule has 5 atom stereocenters. The van der Waals surface area contributed by atoms with Crippen molar-refractivity contribution in [1.82, 2.24) is 0 Å². The fourth-order valence-electron chi connectivity index (χ4n) is 3.88. The van der Waals surface area contributed by atoms with Gasteiger partial charge in [0.1, 0.15) is 5.60 Å². The Morgan fingerprint density at radius 3 is 2.64 bits per heavy atom. The van der Waals surface area contributed by atoms with Crippen molar-refractivity contribution in [3.63, 3.8) is 0 Å². The van der Waals surface area contributed by atoms with E-state index in [0.717, 1.165) is 19.3 Å². The zero-order chi connectivity index (χ0) is 15.7. The van der Waals surface area contributed by atoms with Crippen molar-refractivity contribution in [1.29, 1.82) is 0 Å². The fraction of sp³-hybridized carbons (Fsp3) is 0.556. The van der Waals surface area contributed by atoms with Crippen LogP contribution < -0.4 is 0 Å². The molecule has 0 radical (unpaired) electrons. The summed E-state index contributed by atoms with van der Waals surface area (Å²) >= 11 is 0. The Balaban J connectivity index is 1.94. The first-order valence-electron chi connectivity index (χ1n) is 8.10. The van der Waals surface area contributed by atoms with Gasteiger partial charge in [-0.2, -0.15) is 0 Å². The molecule has 2 unspecified atom stereocenters. The number of allylic oxidation sites excluding steroid dienone is 2. The van der Waals surface area contributed by atoms with Gasteiger partial charge in [0.2, 0.25) is 0 Å². The van der Waals surface area contributed by atoms with E-state index < -0.39 is 16.4 Å². The van der Waals surface area contributed by atoms with Crippen LogP contribution in [0.2, 0.25) is 0 Å². The molecular formula is C18H24O3S. The van der Waals surface area contributed by atoms with Crippen LogP contribution in [0, 0.1) is 11.8 Å². The summed E-state index contributed by atoms with van der Waals surface area (Å²) in [5, 5.41) is 20.6. The lowest BCUT2D eigenvalue weighted by molar-refractivity contribution is -0.0288. The Labute approximate surface area is 134 Å². The Bertz CT molecular complexity index is 598. The summed E-state index contributed by atoms with van der Waals surface area (Å²) in [6.07, 6.45) is 7.74. The van der Waals surface area contributed by atoms with Gasteiger partial charge in [0, 0.05) is 15.7 Å². The molecule has 0 heterocycles. The largest absolute Gasteiger partial charge is 0.393 e. The third kappa shape index (κ3) is 2.68. The maximum absolute atomic E-state index is 13.1. The van der Waals surface area contributed by atoms with Gasteiger partial charge in [-0.05, 0) is 37.2 Å². The predicted molar refractivity (Wildman–Crippen MR) is 87.9 cm³/mol. The molecule has 22 heavy (non-hydrogen) atoms. The van der Waals surface area contributed by atoms with E-state index in [9.17, 15) is 14.4 Å². The third-order valence-electron chi connectivity index (χ3n) is 5.02. The monoisotopic (exact) mass is 320 g/mol. The molecule has 0 amide bonds. The van der Waals surface area contributed by atoms with E-state index in [4.69, 9.17) is 0 Å². The van der Waals surface area contributed by atoms with Gasteiger partial charge in [-0.15, -0.1) is 0 Å². The van der Waals surface area contributed by atoms with Crippen LogP contribution in [0.1, 0.15) is 38.2 Å². The maximum Gasteiger partial charge on any atom is 0.114 e. The summed E-state index contributed by atoms with van der Waals surface area (Å²) in [5.41, 5.74) is -0.668. The van der Waals surface area contributed by atoms with Crippen molar-refractivity contribution in [3.8, 4) is 0 Å². The number of fused-ring (bicyclic) bond motifs is 2. The van der Waals surface area contributed by atoms with E-state index >= 15 is 0 Å². The third-order valence-corrected chi connectivity index (χ3v) is 6.90. The molecule has 0 spiro atoms. The average Bonchev–Trinajstić information content (AvgIpc) is 3.17. The Hall–Kier alpha value is -0.970. The van der Waals surface area contributed by atoms with E-state index in [0.29, 0.717) is 28.7 Å². The maximum atomic E-state index is 13.1. The van der Waals surface area contributed by atoms with E-state index in [2.05, 4.69) is 12.2 Å². The van der Waals surface area contributed by atoms with Gasteiger partial charge in [-0.25, -0.2) is 0 Å². The quantitative estimate of drug-likeness (QED) is 0.793. The van der Waals surface area contributed by atoms with Crippen LogP contribution >= 0.6 is 0 Å². The molecule has 2 bridgehead atoms. The van der Waals surface area contributed by atoms with Crippen LogP contribution in [0.3, 0.4) is 0 Å². The van der Waals surface area contributed by atoms with Crippen LogP contribution in [-0.2, 0) is 16.4 Å². The summed E-state index contributed by atoms with van der Waals surface area (Å²) in [6.45, 7) is 1.63. The molecule has 2 aliphatic carbocycles. The number of aliphatic hydroxyl groups is 2. The van der Waals surface area contributed by atoms with E-state index in [1.54, 1.807) is 0 Å². The molecule has 4 heteroatoms. The lowest BCUT2D eigenvalue weighted by atomic mass is 9.90. The summed E-state index contributed by atoms with van der Waals surface area (Å²) in [4.78, 5) is 0.693. The minimum absolute atomic E-state index is 0.140. The summed E-state index contributed by atoms with van der Waals surface area (Å²) in [5.74, 6) is 0.964. The molecule has 2 N–H and O–H groups in total. The van der Waals surface area contributed by atoms with Gasteiger partial charge in [-0.1, -0.05) is 43.7 Å². The van der Waals surface area contributed by atoms with Gasteiger partial charge in [0.25, 0.3) is 0 Å². The highest BCUT2D eigenvalue weighted by Crippen LogP contribution is 2.44. The topological polar surface area (TPSA) is 57.5 Å². The molecule has 1 fully saturated rings. The summed E-state index contributed by atoms with van der Waals surface area (Å²) < 4.78 is 13.1. The molecular weight excluding hydrogens is 296 g/mol. The van der Waals surface area contributed by atoms with Crippen molar-refractivity contribution in [2.75, 3.05) is 6.61 Å². The number of benzene rings is 1. The van der Waals surface area contributed by atoms with Gasteiger partial charge < -0.3 is 10.2 Å². The standard InChI is InChI=1S/C18H24O3S/c1-2-9-18(20,12-19)15-5-3-4-6-16(15)22(21)17-11-13-7-8-14(17)10-13/h3-8,13-14,17,19-20H,2,9-12H2,1H3/t13-,14+,17+,18?,22?/m0/s1. The van der Waals surface area contributed by atoms with Crippen LogP contribution in [0.5, 0.6) is 0 Å². The fourth-order valence-corrected chi connectivity index (χ4v) is 5.83. The Morgan fingerprint density at radius 1 is 1.27 bits per heavy atom. The van der Waals surface area contributed by atoms with Gasteiger partial charge in [0.15, 0.2) is 0 Å². The smallest absolute Gasteiger partial charge is 0.114 e. The number of aliphatic hydroxyl groups excluding tert-OH is 1. The molecule has 1 aromatic carbocycles. The van der Waals surface area contributed by atoms with Gasteiger partial charge in [-0.3, -0.25) is 4.21 Å². The normalized spacial score (nSPS) is 30.4. The molecule has 3 nitrogen and oxygen atoms in total. The molecule has 3 rings (SSSR count). The Kier molecular flexibility index (Phi) is 4.53. The first-order valence-corrected chi connectivity index (χ1v) is 9.32.